The fourth-order valence-electron chi connectivity index (χ4n) is 2.32. The third kappa shape index (κ3) is 1.93. The van der Waals surface area contributed by atoms with Crippen LogP contribution in [0.25, 0.3) is 21.8 Å². The van der Waals surface area contributed by atoms with Gasteiger partial charge in [0.2, 0.25) is 0 Å². The number of carbonyl (C=O) groups excluding carboxylic acids is 1. The van der Waals surface area contributed by atoms with Gasteiger partial charge in [-0.05, 0) is 24.3 Å². The summed E-state index contributed by atoms with van der Waals surface area (Å²) in [5.74, 6) is 0.323. The Morgan fingerprint density at radius 3 is 2.90 bits per heavy atom. The molecule has 0 unspecified atom stereocenters. The monoisotopic (exact) mass is 277 g/mol. The molecule has 0 saturated carbocycles. The Kier molecular flexibility index (Phi) is 2.47. The molecule has 2 heterocycles. The van der Waals surface area contributed by atoms with Crippen LogP contribution in [0.3, 0.4) is 0 Å². The van der Waals surface area contributed by atoms with Crippen LogP contribution in [0, 0.1) is 0 Å². The van der Waals surface area contributed by atoms with Crippen molar-refractivity contribution < 1.29 is 4.79 Å². The highest BCUT2D eigenvalue weighted by atomic mass is 16.1. The average molecular weight is 277 g/mol. The Balaban J connectivity index is 1.68. The molecular weight excluding hydrogens is 266 g/mol. The van der Waals surface area contributed by atoms with E-state index in [1.54, 1.807) is 18.3 Å². The average Bonchev–Trinajstić information content (AvgIpc) is 3.13. The van der Waals surface area contributed by atoms with Gasteiger partial charge in [0.05, 0.1) is 17.2 Å². The summed E-state index contributed by atoms with van der Waals surface area (Å²) in [5.41, 5.74) is 2.27. The number of H-pyrrole nitrogens is 2. The zero-order chi connectivity index (χ0) is 14.2. The third-order valence-corrected chi connectivity index (χ3v) is 3.41. The standard InChI is InChI=1S/C15H11N5O/c21-15(9-5-6-10-8-16-18-13(10)7-9)17-14-11-3-1-2-4-12(11)19-20-14/h1-8H,(H,16,18)(H2,17,19,20,21). The molecule has 6 nitrogen and oxygen atoms in total. The number of nitrogens with one attached hydrogen (secondary N) is 3. The maximum Gasteiger partial charge on any atom is 0.256 e. The highest BCUT2D eigenvalue weighted by Crippen LogP contribution is 2.21. The Morgan fingerprint density at radius 1 is 1.05 bits per heavy atom. The number of fused-ring (bicyclic) bond motifs is 2. The first kappa shape index (κ1) is 11.7. The highest BCUT2D eigenvalue weighted by Gasteiger charge is 2.11. The zero-order valence-corrected chi connectivity index (χ0v) is 10.9. The zero-order valence-electron chi connectivity index (χ0n) is 10.9. The number of aromatic amines is 2. The molecular formula is C15H11N5O. The van der Waals surface area contributed by atoms with Gasteiger partial charge in [0.15, 0.2) is 5.82 Å². The van der Waals surface area contributed by atoms with E-state index >= 15 is 0 Å². The molecule has 0 radical (unpaired) electrons. The van der Waals surface area contributed by atoms with Gasteiger partial charge in [0, 0.05) is 16.3 Å². The normalized spacial score (nSPS) is 11.0. The number of anilines is 1. The van der Waals surface area contributed by atoms with Crippen LogP contribution in [0.15, 0.2) is 48.7 Å². The second kappa shape index (κ2) is 4.45. The van der Waals surface area contributed by atoms with Crippen molar-refractivity contribution in [3.63, 3.8) is 0 Å². The smallest absolute Gasteiger partial charge is 0.256 e. The highest BCUT2D eigenvalue weighted by molar-refractivity contribution is 6.09. The molecule has 0 aliphatic heterocycles. The van der Waals surface area contributed by atoms with Crippen LogP contribution in [0.1, 0.15) is 10.4 Å². The van der Waals surface area contributed by atoms with Gasteiger partial charge < -0.3 is 5.32 Å². The van der Waals surface area contributed by atoms with E-state index in [0.717, 1.165) is 21.8 Å². The predicted molar refractivity (Wildman–Crippen MR) is 80.1 cm³/mol. The van der Waals surface area contributed by atoms with Crippen molar-refractivity contribution in [2.45, 2.75) is 0 Å². The van der Waals surface area contributed by atoms with E-state index in [4.69, 9.17) is 0 Å². The van der Waals surface area contributed by atoms with Crippen LogP contribution in [0.4, 0.5) is 5.82 Å². The van der Waals surface area contributed by atoms with Crippen LogP contribution >= 0.6 is 0 Å². The summed E-state index contributed by atoms with van der Waals surface area (Å²) in [6, 6.07) is 13.0. The number of nitrogens with zero attached hydrogens (tertiary/aromatic N) is 2. The molecule has 0 saturated heterocycles. The molecule has 0 spiro atoms. The Morgan fingerprint density at radius 2 is 1.95 bits per heavy atom. The number of amides is 1. The third-order valence-electron chi connectivity index (χ3n) is 3.41. The molecule has 0 aliphatic rings. The number of benzene rings is 2. The van der Waals surface area contributed by atoms with Crippen LogP contribution in [0.2, 0.25) is 0 Å². The lowest BCUT2D eigenvalue weighted by Crippen LogP contribution is -2.12. The summed E-state index contributed by atoms with van der Waals surface area (Å²) in [7, 11) is 0. The Labute approximate surface area is 119 Å². The largest absolute Gasteiger partial charge is 0.305 e. The Bertz CT molecular complexity index is 953. The van der Waals surface area contributed by atoms with Crippen molar-refractivity contribution in [1.29, 1.82) is 0 Å². The van der Waals surface area contributed by atoms with Crippen molar-refractivity contribution in [2.24, 2.45) is 0 Å². The number of aromatic nitrogens is 4. The number of rotatable bonds is 2. The fraction of sp³-hybridized carbons (Fsp3) is 0. The summed E-state index contributed by atoms with van der Waals surface area (Å²) < 4.78 is 0. The molecule has 0 fully saturated rings. The molecule has 2 aromatic carbocycles. The minimum absolute atomic E-state index is 0.205. The molecule has 6 heteroatoms. The van der Waals surface area contributed by atoms with E-state index < -0.39 is 0 Å². The van der Waals surface area contributed by atoms with Crippen molar-refractivity contribution in [1.82, 2.24) is 20.4 Å². The van der Waals surface area contributed by atoms with E-state index in [0.29, 0.717) is 11.4 Å². The van der Waals surface area contributed by atoms with Gasteiger partial charge in [-0.3, -0.25) is 15.0 Å². The van der Waals surface area contributed by atoms with Gasteiger partial charge in [0.1, 0.15) is 0 Å². The van der Waals surface area contributed by atoms with Gasteiger partial charge in [0.25, 0.3) is 5.91 Å². The van der Waals surface area contributed by atoms with Gasteiger partial charge in [-0.1, -0.05) is 18.2 Å². The summed E-state index contributed by atoms with van der Waals surface area (Å²) in [6.45, 7) is 0. The van der Waals surface area contributed by atoms with Crippen LogP contribution in [-0.2, 0) is 0 Å². The van der Waals surface area contributed by atoms with Crippen molar-refractivity contribution in [3.8, 4) is 0 Å². The maximum atomic E-state index is 12.3. The van der Waals surface area contributed by atoms with Crippen LogP contribution in [-0.4, -0.2) is 26.3 Å². The number of carbonyl (C=O) groups is 1. The Hall–Kier alpha value is -3.15. The summed E-state index contributed by atoms with van der Waals surface area (Å²) in [5, 5.41) is 18.5. The van der Waals surface area contributed by atoms with Gasteiger partial charge in [-0.25, -0.2) is 0 Å². The van der Waals surface area contributed by atoms with Gasteiger partial charge in [-0.2, -0.15) is 10.2 Å². The summed E-state index contributed by atoms with van der Waals surface area (Å²) in [6.07, 6.45) is 1.72. The first-order valence-electron chi connectivity index (χ1n) is 6.49. The molecule has 21 heavy (non-hydrogen) atoms. The van der Waals surface area contributed by atoms with E-state index in [2.05, 4.69) is 25.7 Å². The minimum Gasteiger partial charge on any atom is -0.305 e. The molecule has 2 aromatic heterocycles. The van der Waals surface area contributed by atoms with E-state index in [9.17, 15) is 4.79 Å². The lowest BCUT2D eigenvalue weighted by molar-refractivity contribution is 0.102. The maximum absolute atomic E-state index is 12.3. The first-order valence-corrected chi connectivity index (χ1v) is 6.49. The van der Waals surface area contributed by atoms with E-state index in [-0.39, 0.29) is 5.91 Å². The van der Waals surface area contributed by atoms with Crippen molar-refractivity contribution >= 4 is 33.5 Å². The van der Waals surface area contributed by atoms with Crippen LogP contribution < -0.4 is 5.32 Å². The molecule has 102 valence electrons. The summed E-state index contributed by atoms with van der Waals surface area (Å²) >= 11 is 0. The topological polar surface area (TPSA) is 86.5 Å². The molecule has 0 bridgehead atoms. The SMILES string of the molecule is O=C(Nc1n[nH]c2ccccc12)c1ccc2cn[nH]c2c1. The van der Waals surface area contributed by atoms with Gasteiger partial charge in [-0.15, -0.1) is 0 Å². The minimum atomic E-state index is -0.205. The van der Waals surface area contributed by atoms with Crippen LogP contribution in [0.5, 0.6) is 0 Å². The quantitative estimate of drug-likeness (QED) is 0.526. The van der Waals surface area contributed by atoms with Crippen molar-refractivity contribution in [3.05, 3.63) is 54.2 Å². The first-order chi connectivity index (χ1) is 10.3. The van der Waals surface area contributed by atoms with E-state index in [1.165, 1.54) is 0 Å². The second-order valence-electron chi connectivity index (χ2n) is 4.74. The predicted octanol–water partition coefficient (Wildman–Crippen LogP) is 2.69. The molecule has 0 atom stereocenters. The fourth-order valence-corrected chi connectivity index (χ4v) is 2.32. The van der Waals surface area contributed by atoms with Gasteiger partial charge >= 0.3 is 0 Å². The number of hydrogen-bond donors (Lipinski definition) is 3. The second-order valence-corrected chi connectivity index (χ2v) is 4.74. The lowest BCUT2D eigenvalue weighted by Gasteiger charge is -2.02. The summed E-state index contributed by atoms with van der Waals surface area (Å²) in [4.78, 5) is 12.3. The van der Waals surface area contributed by atoms with E-state index in [1.807, 2.05) is 30.3 Å². The number of hydrogen-bond acceptors (Lipinski definition) is 3. The molecule has 1 amide bonds. The van der Waals surface area contributed by atoms with Crippen molar-refractivity contribution in [2.75, 3.05) is 5.32 Å². The lowest BCUT2D eigenvalue weighted by atomic mass is 10.1. The molecule has 4 aromatic rings. The molecule has 0 aliphatic carbocycles. The molecule has 4 rings (SSSR count). The molecule has 3 N–H and O–H groups in total. The number of para-hydroxylation sites is 1.